The number of ether oxygens (including phenoxy) is 1. The molecule has 8 heteroatoms. The molecule has 0 aliphatic heterocycles. The van der Waals surface area contributed by atoms with Crippen LogP contribution in [0, 0.1) is 41.8 Å². The van der Waals surface area contributed by atoms with Gasteiger partial charge in [-0.15, -0.1) is 0 Å². The van der Waals surface area contributed by atoms with Crippen LogP contribution in [0.15, 0.2) is 12.1 Å². The molecule has 0 aliphatic carbocycles. The summed E-state index contributed by atoms with van der Waals surface area (Å²) in [5.74, 6) is -8.88. The lowest BCUT2D eigenvalue weighted by molar-refractivity contribution is 0.358. The highest BCUT2D eigenvalue weighted by atomic mass is 19.2. The smallest absolute Gasteiger partial charge is 0.203 e. The molecule has 2 aromatic carbocycles. The van der Waals surface area contributed by atoms with Crippen LogP contribution in [0.5, 0.6) is 5.75 Å². The van der Waals surface area contributed by atoms with Gasteiger partial charge in [0, 0.05) is 12.1 Å². The highest BCUT2D eigenvalue weighted by molar-refractivity contribution is 6.68. The van der Waals surface area contributed by atoms with Gasteiger partial charge in [0.15, 0.2) is 29.0 Å². The highest BCUT2D eigenvalue weighted by Gasteiger charge is 2.24. The van der Waals surface area contributed by atoms with Gasteiger partial charge in [0.1, 0.15) is 11.6 Å². The predicted molar refractivity (Wildman–Crippen MR) is 68.9 cm³/mol. The van der Waals surface area contributed by atoms with E-state index in [-0.39, 0.29) is 6.07 Å². The molecule has 0 N–H and O–H groups in total. The van der Waals surface area contributed by atoms with Crippen LogP contribution in [-0.4, -0.2) is 14.4 Å². The molecular weight excluding hydrogens is 309 g/mol. The van der Waals surface area contributed by atoms with E-state index in [1.807, 2.05) is 0 Å². The molecule has 0 amide bonds. The zero-order chi connectivity index (χ0) is 16.6. The molecule has 0 atom stereocenters. The van der Waals surface area contributed by atoms with Crippen molar-refractivity contribution in [3.05, 3.63) is 52.6 Å². The number of methoxy groups -OCH3 is 1. The van der Waals surface area contributed by atoms with Crippen LogP contribution in [0.4, 0.5) is 26.3 Å². The molecule has 0 saturated carbocycles. The maximum atomic E-state index is 14.0. The second-order valence-corrected chi connectivity index (χ2v) is 4.44. The summed E-state index contributed by atoms with van der Waals surface area (Å²) in [6, 6.07) is 0.603. The van der Waals surface area contributed by atoms with Crippen molar-refractivity contribution in [1.82, 2.24) is 0 Å². The summed E-state index contributed by atoms with van der Waals surface area (Å²) in [5, 5.41) is 0. The second kappa shape index (κ2) is 5.94. The summed E-state index contributed by atoms with van der Waals surface area (Å²) in [7, 11) is 1.59. The van der Waals surface area contributed by atoms with Crippen molar-refractivity contribution in [2.24, 2.45) is 0 Å². The quantitative estimate of drug-likeness (QED) is 0.480. The Balaban J connectivity index is 2.60. The summed E-state index contributed by atoms with van der Waals surface area (Å²) in [4.78, 5) is 0. The van der Waals surface area contributed by atoms with Gasteiger partial charge in [-0.2, -0.15) is 0 Å². The average molecular weight is 317 g/mol. The van der Waals surface area contributed by atoms with Gasteiger partial charge in [0.05, 0.1) is 7.11 Å². The van der Waals surface area contributed by atoms with E-state index in [1.54, 1.807) is 0 Å². The molecule has 2 aromatic rings. The molecule has 0 unspecified atom stereocenters. The fourth-order valence-electron chi connectivity index (χ4n) is 1.96. The number of benzene rings is 2. The van der Waals surface area contributed by atoms with E-state index in [0.717, 1.165) is 14.0 Å². The van der Waals surface area contributed by atoms with Crippen LogP contribution in [0.1, 0.15) is 5.56 Å². The Labute approximate surface area is 122 Å². The van der Waals surface area contributed by atoms with Gasteiger partial charge in [-0.05, 0) is 23.4 Å². The lowest BCUT2D eigenvalue weighted by Crippen LogP contribution is -2.37. The van der Waals surface area contributed by atoms with E-state index in [0.29, 0.717) is 13.3 Å². The summed E-state index contributed by atoms with van der Waals surface area (Å²) in [6.07, 6.45) is 0. The third-order valence-electron chi connectivity index (χ3n) is 3.11. The molecule has 0 fully saturated rings. The van der Waals surface area contributed by atoms with E-state index >= 15 is 0 Å². The summed E-state index contributed by atoms with van der Waals surface area (Å²) in [6.45, 7) is 1.05. The van der Waals surface area contributed by atoms with Crippen LogP contribution < -0.4 is 15.7 Å². The zero-order valence-electron chi connectivity index (χ0n) is 11.4. The highest BCUT2D eigenvalue weighted by Crippen LogP contribution is 2.21. The molecule has 0 bridgehead atoms. The monoisotopic (exact) mass is 317 g/mol. The van der Waals surface area contributed by atoms with Crippen molar-refractivity contribution in [2.75, 3.05) is 7.11 Å². The Hall–Kier alpha value is -2.12. The minimum absolute atomic E-state index is 0.255. The molecule has 2 rings (SSSR count). The molecule has 0 aromatic heterocycles. The Morgan fingerprint density at radius 3 is 1.91 bits per heavy atom. The normalized spacial score (nSPS) is 10.7. The molecule has 22 heavy (non-hydrogen) atoms. The van der Waals surface area contributed by atoms with E-state index in [4.69, 9.17) is 0 Å². The molecule has 115 valence electrons. The van der Waals surface area contributed by atoms with Crippen LogP contribution in [-0.2, 0) is 0 Å². The van der Waals surface area contributed by atoms with Gasteiger partial charge in [0.25, 0.3) is 0 Å². The SMILES string of the molecule is COc1c(F)cc(F)c([B]c2c(F)cc(F)c(F)c2C)c1F. The first kappa shape index (κ1) is 16.3. The molecular formula is C14H8BF6O. The second-order valence-electron chi connectivity index (χ2n) is 4.44. The Morgan fingerprint density at radius 1 is 0.773 bits per heavy atom. The van der Waals surface area contributed by atoms with Crippen molar-refractivity contribution in [1.29, 1.82) is 0 Å². The van der Waals surface area contributed by atoms with Gasteiger partial charge in [-0.1, -0.05) is 0 Å². The summed E-state index contributed by atoms with van der Waals surface area (Å²) < 4.78 is 85.7. The van der Waals surface area contributed by atoms with Crippen molar-refractivity contribution in [2.45, 2.75) is 6.92 Å². The molecule has 0 saturated heterocycles. The molecule has 0 spiro atoms. The first-order chi connectivity index (χ1) is 10.3. The predicted octanol–water partition coefficient (Wildman–Crippen LogP) is 2.49. The maximum Gasteiger partial charge on any atom is 0.203 e. The van der Waals surface area contributed by atoms with Crippen molar-refractivity contribution in [3.63, 3.8) is 0 Å². The average Bonchev–Trinajstić information content (AvgIpc) is 2.44. The van der Waals surface area contributed by atoms with Gasteiger partial charge in [-0.25, -0.2) is 26.3 Å². The Kier molecular flexibility index (Phi) is 4.39. The summed E-state index contributed by atoms with van der Waals surface area (Å²) in [5.41, 5.74) is -1.85. The standard InChI is InChI=1S/C14H8BF6O/c1-5-10(6(16)3-8(18)12(5)20)15-11-7(17)4-9(19)14(22-2)13(11)21/h3-4H,1-2H3. The van der Waals surface area contributed by atoms with E-state index in [1.165, 1.54) is 0 Å². The minimum atomic E-state index is -1.43. The maximum absolute atomic E-state index is 14.0. The Morgan fingerprint density at radius 2 is 1.32 bits per heavy atom. The van der Waals surface area contributed by atoms with Gasteiger partial charge >= 0.3 is 0 Å². The summed E-state index contributed by atoms with van der Waals surface area (Å²) >= 11 is 0. The largest absolute Gasteiger partial charge is 0.491 e. The molecule has 0 heterocycles. The molecule has 0 aliphatic rings. The topological polar surface area (TPSA) is 9.23 Å². The first-order valence-corrected chi connectivity index (χ1v) is 5.98. The third-order valence-corrected chi connectivity index (χ3v) is 3.11. The van der Waals surface area contributed by atoms with Crippen LogP contribution in [0.25, 0.3) is 0 Å². The van der Waals surface area contributed by atoms with Crippen molar-refractivity contribution in [3.8, 4) is 5.75 Å². The third kappa shape index (κ3) is 2.65. The lowest BCUT2D eigenvalue weighted by atomic mass is 9.61. The van der Waals surface area contributed by atoms with Crippen LogP contribution in [0.2, 0.25) is 0 Å². The Bertz CT molecular complexity index is 747. The first-order valence-electron chi connectivity index (χ1n) is 5.98. The fourth-order valence-corrected chi connectivity index (χ4v) is 1.96. The number of rotatable bonds is 3. The van der Waals surface area contributed by atoms with E-state index in [9.17, 15) is 26.3 Å². The number of hydrogen-bond acceptors (Lipinski definition) is 1. The van der Waals surface area contributed by atoms with Gasteiger partial charge < -0.3 is 4.74 Å². The van der Waals surface area contributed by atoms with Crippen molar-refractivity contribution >= 4 is 18.2 Å². The molecule has 1 nitrogen and oxygen atoms in total. The van der Waals surface area contributed by atoms with Gasteiger partial charge in [0.2, 0.25) is 7.28 Å². The minimum Gasteiger partial charge on any atom is -0.491 e. The lowest BCUT2D eigenvalue weighted by Gasteiger charge is -2.12. The van der Waals surface area contributed by atoms with E-state index < -0.39 is 57.1 Å². The number of halogens is 6. The number of hydrogen-bond donors (Lipinski definition) is 0. The van der Waals surface area contributed by atoms with E-state index in [2.05, 4.69) is 4.74 Å². The van der Waals surface area contributed by atoms with Crippen LogP contribution >= 0.6 is 0 Å². The van der Waals surface area contributed by atoms with Gasteiger partial charge in [-0.3, -0.25) is 0 Å². The molecule has 1 radical (unpaired) electrons. The van der Waals surface area contributed by atoms with Crippen LogP contribution in [0.3, 0.4) is 0 Å². The fraction of sp³-hybridized carbons (Fsp3) is 0.143. The zero-order valence-corrected chi connectivity index (χ0v) is 11.4. The van der Waals surface area contributed by atoms with Crippen molar-refractivity contribution < 1.29 is 31.1 Å².